The van der Waals surface area contributed by atoms with Gasteiger partial charge in [0.1, 0.15) is 5.82 Å². The summed E-state index contributed by atoms with van der Waals surface area (Å²) in [5.41, 5.74) is -2.23. The Balaban J connectivity index is 0.00000341. The van der Waals surface area contributed by atoms with E-state index in [-0.39, 0.29) is 30.1 Å². The third-order valence-electron chi connectivity index (χ3n) is 5.09. The zero-order valence-corrected chi connectivity index (χ0v) is 17.2. The highest BCUT2D eigenvalue weighted by Gasteiger charge is 2.38. The van der Waals surface area contributed by atoms with E-state index in [0.717, 1.165) is 12.0 Å². The summed E-state index contributed by atoms with van der Waals surface area (Å²) < 4.78 is 97.9. The molecule has 1 aliphatic heterocycles. The average Bonchev–Trinajstić information content (AvgIpc) is 2.67. The maximum atomic E-state index is 13.2. The molecule has 2 nitrogen and oxygen atoms in total. The van der Waals surface area contributed by atoms with E-state index in [1.54, 1.807) is 12.1 Å². The molecule has 10 heteroatoms. The Kier molecular flexibility index (Phi) is 7.99. The Morgan fingerprint density at radius 1 is 0.935 bits per heavy atom. The number of hydrogen-bond donors (Lipinski definition) is 1. The highest BCUT2D eigenvalue weighted by molar-refractivity contribution is 5.85. The summed E-state index contributed by atoms with van der Waals surface area (Å²) in [6, 6.07) is 6.83. The molecule has 1 N–H and O–H groups in total. The summed E-state index contributed by atoms with van der Waals surface area (Å²) in [7, 11) is 0. The fraction of sp³-hybridized carbons (Fsp3) is 0.429. The number of piperidine rings is 1. The third-order valence-corrected chi connectivity index (χ3v) is 5.09. The van der Waals surface area contributed by atoms with E-state index in [0.29, 0.717) is 25.1 Å². The molecule has 31 heavy (non-hydrogen) atoms. The SMILES string of the molecule is CC(O[C@H]1CCCN[C@H]1c1ccc(F)cc1)c1cc(C(F)(F)F)cc(C(F)(F)F)c1.Cl. The monoisotopic (exact) mass is 471 g/mol. The highest BCUT2D eigenvalue weighted by atomic mass is 35.5. The number of halogens is 8. The summed E-state index contributed by atoms with van der Waals surface area (Å²) in [5.74, 6) is -0.413. The standard InChI is InChI=1S/C21H20F7NO.ClH/c1-12(14-9-15(20(23,24)25)11-16(10-14)21(26,27)28)30-18-3-2-8-29-19(18)13-4-6-17(22)7-5-13;/h4-7,9-12,18-19,29H,2-3,8H2,1H3;1H/t12?,18-,19-;/m0./s1. The van der Waals surface area contributed by atoms with Crippen LogP contribution in [0.2, 0.25) is 0 Å². The second kappa shape index (κ2) is 9.75. The Bertz CT molecular complexity index is 835. The van der Waals surface area contributed by atoms with E-state index in [1.165, 1.54) is 19.1 Å². The summed E-state index contributed by atoms with van der Waals surface area (Å²) >= 11 is 0. The molecular weight excluding hydrogens is 451 g/mol. The molecule has 1 saturated heterocycles. The largest absolute Gasteiger partial charge is 0.416 e. The van der Waals surface area contributed by atoms with Crippen LogP contribution in [-0.4, -0.2) is 12.6 Å². The minimum absolute atomic E-state index is 0. The van der Waals surface area contributed by atoms with E-state index >= 15 is 0 Å². The normalized spacial score (nSPS) is 20.8. The molecule has 0 bridgehead atoms. The van der Waals surface area contributed by atoms with E-state index in [9.17, 15) is 30.7 Å². The average molecular weight is 472 g/mol. The summed E-state index contributed by atoms with van der Waals surface area (Å²) in [6.07, 6.45) is -10.1. The lowest BCUT2D eigenvalue weighted by Crippen LogP contribution is -2.39. The Hall–Kier alpha value is -1.84. The van der Waals surface area contributed by atoms with Crippen molar-refractivity contribution in [1.82, 2.24) is 5.32 Å². The highest BCUT2D eigenvalue weighted by Crippen LogP contribution is 2.39. The molecule has 0 aromatic heterocycles. The molecular formula is C21H21ClF7NO. The number of hydrogen-bond acceptors (Lipinski definition) is 2. The number of benzene rings is 2. The van der Waals surface area contributed by atoms with Crippen molar-refractivity contribution in [2.75, 3.05) is 6.54 Å². The minimum atomic E-state index is -4.92. The van der Waals surface area contributed by atoms with Gasteiger partial charge >= 0.3 is 12.4 Å². The maximum Gasteiger partial charge on any atom is 0.416 e. The van der Waals surface area contributed by atoms with E-state index in [4.69, 9.17) is 4.74 Å². The molecule has 1 unspecified atom stereocenters. The van der Waals surface area contributed by atoms with Gasteiger partial charge in [0.05, 0.1) is 29.4 Å². The quantitative estimate of drug-likeness (QED) is 0.492. The van der Waals surface area contributed by atoms with Crippen LogP contribution < -0.4 is 5.32 Å². The van der Waals surface area contributed by atoms with Gasteiger partial charge in [-0.2, -0.15) is 26.3 Å². The Morgan fingerprint density at radius 2 is 1.48 bits per heavy atom. The van der Waals surface area contributed by atoms with Gasteiger partial charge < -0.3 is 10.1 Å². The lowest BCUT2D eigenvalue weighted by molar-refractivity contribution is -0.143. The molecule has 1 fully saturated rings. The Labute approximate surface area is 181 Å². The van der Waals surface area contributed by atoms with Crippen molar-refractivity contribution >= 4 is 12.4 Å². The molecule has 3 rings (SSSR count). The first-order valence-electron chi connectivity index (χ1n) is 9.39. The van der Waals surface area contributed by atoms with Crippen molar-refractivity contribution < 1.29 is 35.5 Å². The van der Waals surface area contributed by atoms with Gasteiger partial charge in [-0.05, 0) is 67.8 Å². The minimum Gasteiger partial charge on any atom is -0.369 e. The zero-order valence-electron chi connectivity index (χ0n) is 16.4. The predicted molar refractivity (Wildman–Crippen MR) is 103 cm³/mol. The van der Waals surface area contributed by atoms with Gasteiger partial charge in [-0.15, -0.1) is 12.4 Å². The zero-order chi connectivity index (χ0) is 22.1. The van der Waals surface area contributed by atoms with E-state index < -0.39 is 41.5 Å². The van der Waals surface area contributed by atoms with E-state index in [2.05, 4.69) is 5.32 Å². The van der Waals surface area contributed by atoms with Crippen LogP contribution in [-0.2, 0) is 17.1 Å². The van der Waals surface area contributed by atoms with Gasteiger partial charge in [0, 0.05) is 0 Å². The first-order valence-corrected chi connectivity index (χ1v) is 9.39. The number of alkyl halides is 6. The van der Waals surface area contributed by atoms with Crippen LogP contribution in [0, 0.1) is 5.82 Å². The molecule has 0 spiro atoms. The van der Waals surface area contributed by atoms with Gasteiger partial charge in [-0.1, -0.05) is 12.1 Å². The van der Waals surface area contributed by atoms with Gasteiger partial charge in [-0.25, -0.2) is 4.39 Å². The molecule has 2 aromatic carbocycles. The van der Waals surface area contributed by atoms with Gasteiger partial charge in [0.15, 0.2) is 0 Å². The summed E-state index contributed by atoms with van der Waals surface area (Å²) in [4.78, 5) is 0. The van der Waals surface area contributed by atoms with Gasteiger partial charge in [0.25, 0.3) is 0 Å². The predicted octanol–water partition coefficient (Wildman–Crippen LogP) is 6.86. The first-order chi connectivity index (χ1) is 13.9. The number of rotatable bonds is 4. The molecule has 1 aliphatic rings. The van der Waals surface area contributed by atoms with Gasteiger partial charge in [-0.3, -0.25) is 0 Å². The van der Waals surface area contributed by atoms with Crippen LogP contribution in [0.15, 0.2) is 42.5 Å². The summed E-state index contributed by atoms with van der Waals surface area (Å²) in [6.45, 7) is 2.09. The van der Waals surface area contributed by atoms with Crippen molar-refractivity contribution in [2.24, 2.45) is 0 Å². The topological polar surface area (TPSA) is 21.3 Å². The van der Waals surface area contributed by atoms with E-state index in [1.807, 2.05) is 0 Å². The van der Waals surface area contributed by atoms with Crippen molar-refractivity contribution in [3.05, 3.63) is 70.5 Å². The van der Waals surface area contributed by atoms with Crippen molar-refractivity contribution in [2.45, 2.75) is 50.4 Å². The third kappa shape index (κ3) is 6.33. The molecule has 0 radical (unpaired) electrons. The van der Waals surface area contributed by atoms with Crippen molar-refractivity contribution in [3.8, 4) is 0 Å². The Morgan fingerprint density at radius 3 is 2.00 bits per heavy atom. The molecule has 3 atom stereocenters. The fourth-order valence-electron chi connectivity index (χ4n) is 3.56. The molecule has 0 saturated carbocycles. The van der Waals surface area contributed by atoms with Crippen LogP contribution in [0.5, 0.6) is 0 Å². The second-order valence-corrected chi connectivity index (χ2v) is 7.28. The fourth-order valence-corrected chi connectivity index (χ4v) is 3.56. The molecule has 2 aromatic rings. The molecule has 172 valence electrons. The van der Waals surface area contributed by atoms with Crippen LogP contribution in [0.25, 0.3) is 0 Å². The lowest BCUT2D eigenvalue weighted by Gasteiger charge is -2.35. The van der Waals surface area contributed by atoms with Crippen LogP contribution in [0.4, 0.5) is 30.7 Å². The van der Waals surface area contributed by atoms with Crippen LogP contribution in [0.3, 0.4) is 0 Å². The number of ether oxygens (including phenoxy) is 1. The summed E-state index contributed by atoms with van der Waals surface area (Å²) in [5, 5.41) is 3.23. The van der Waals surface area contributed by atoms with Crippen molar-refractivity contribution in [3.63, 3.8) is 0 Å². The molecule has 1 heterocycles. The maximum absolute atomic E-state index is 13.2. The lowest BCUT2D eigenvalue weighted by atomic mass is 9.94. The van der Waals surface area contributed by atoms with Crippen LogP contribution >= 0.6 is 12.4 Å². The molecule has 0 amide bonds. The first kappa shape index (κ1) is 25.4. The smallest absolute Gasteiger partial charge is 0.369 e. The number of nitrogens with one attached hydrogen (secondary N) is 1. The van der Waals surface area contributed by atoms with Crippen molar-refractivity contribution in [1.29, 1.82) is 0 Å². The second-order valence-electron chi connectivity index (χ2n) is 7.28. The molecule has 0 aliphatic carbocycles. The van der Waals surface area contributed by atoms with Gasteiger partial charge in [0.2, 0.25) is 0 Å². The van der Waals surface area contributed by atoms with Crippen LogP contribution in [0.1, 0.15) is 54.2 Å².